The van der Waals surface area contributed by atoms with Crippen molar-refractivity contribution in [2.45, 2.75) is 70.9 Å². The van der Waals surface area contributed by atoms with E-state index in [9.17, 15) is 0 Å². The molecule has 2 saturated heterocycles. The van der Waals surface area contributed by atoms with Gasteiger partial charge in [-0.05, 0) is 84.7 Å². The highest BCUT2D eigenvalue weighted by Gasteiger charge is 2.25. The lowest BCUT2D eigenvalue weighted by Gasteiger charge is -2.40. The van der Waals surface area contributed by atoms with Crippen LogP contribution in [0.1, 0.15) is 58.8 Å². The second kappa shape index (κ2) is 9.01. The van der Waals surface area contributed by atoms with Crippen LogP contribution in [0.15, 0.2) is 0 Å². The van der Waals surface area contributed by atoms with E-state index < -0.39 is 0 Å². The third kappa shape index (κ3) is 5.34. The fourth-order valence-electron chi connectivity index (χ4n) is 3.86. The Hall–Kier alpha value is -0.120. The minimum atomic E-state index is 0.686. The van der Waals surface area contributed by atoms with E-state index in [1.54, 1.807) is 0 Å². The highest BCUT2D eigenvalue weighted by Crippen LogP contribution is 2.21. The summed E-state index contributed by atoms with van der Waals surface area (Å²) >= 11 is 0. The molecule has 2 rings (SSSR count). The molecule has 0 aromatic carbocycles. The largest absolute Gasteiger partial charge is 0.315 e. The number of likely N-dealkylation sites (tertiary alicyclic amines) is 2. The molecule has 3 nitrogen and oxygen atoms in total. The first-order valence-electron chi connectivity index (χ1n) is 8.99. The molecule has 0 aliphatic carbocycles. The molecule has 0 saturated carbocycles. The summed E-state index contributed by atoms with van der Waals surface area (Å²) in [6.45, 7) is 12.3. The van der Waals surface area contributed by atoms with Crippen molar-refractivity contribution in [2.75, 3.05) is 39.3 Å². The maximum absolute atomic E-state index is 3.51. The van der Waals surface area contributed by atoms with Crippen molar-refractivity contribution in [3.8, 4) is 0 Å². The lowest BCUT2D eigenvalue weighted by Crippen LogP contribution is -2.46. The summed E-state index contributed by atoms with van der Waals surface area (Å²) < 4.78 is 0. The molecule has 2 heterocycles. The van der Waals surface area contributed by atoms with Crippen molar-refractivity contribution in [3.05, 3.63) is 0 Å². The molecule has 0 amide bonds. The summed E-state index contributed by atoms with van der Waals surface area (Å²) in [5, 5.41) is 3.51. The lowest BCUT2D eigenvalue weighted by atomic mass is 9.99. The van der Waals surface area contributed by atoms with Crippen LogP contribution in [-0.4, -0.2) is 61.2 Å². The zero-order chi connectivity index (χ0) is 14.2. The monoisotopic (exact) mass is 281 g/mol. The van der Waals surface area contributed by atoms with Gasteiger partial charge < -0.3 is 15.1 Å². The molecular weight excluding hydrogens is 246 g/mol. The van der Waals surface area contributed by atoms with E-state index in [1.807, 2.05) is 0 Å². The Balaban J connectivity index is 1.57. The smallest absolute Gasteiger partial charge is 0.0120 e. The molecule has 118 valence electrons. The third-order valence-electron chi connectivity index (χ3n) is 5.13. The van der Waals surface area contributed by atoms with Crippen molar-refractivity contribution in [1.82, 2.24) is 15.1 Å². The molecule has 1 N–H and O–H groups in total. The van der Waals surface area contributed by atoms with Gasteiger partial charge in [-0.25, -0.2) is 0 Å². The first-order valence-corrected chi connectivity index (χ1v) is 8.99. The minimum Gasteiger partial charge on any atom is -0.315 e. The molecule has 3 heteroatoms. The van der Waals surface area contributed by atoms with Crippen LogP contribution in [0.2, 0.25) is 0 Å². The molecule has 2 aliphatic heterocycles. The second-order valence-corrected chi connectivity index (χ2v) is 6.77. The number of hydrogen-bond acceptors (Lipinski definition) is 3. The molecular formula is C17H35N3. The van der Waals surface area contributed by atoms with Crippen molar-refractivity contribution < 1.29 is 0 Å². The Morgan fingerprint density at radius 1 is 1.05 bits per heavy atom. The van der Waals surface area contributed by atoms with Crippen LogP contribution in [0, 0.1) is 0 Å². The Morgan fingerprint density at radius 3 is 2.40 bits per heavy atom. The van der Waals surface area contributed by atoms with E-state index in [-0.39, 0.29) is 0 Å². The van der Waals surface area contributed by atoms with Gasteiger partial charge in [0, 0.05) is 12.1 Å². The van der Waals surface area contributed by atoms with E-state index in [1.165, 1.54) is 77.7 Å². The molecule has 0 aromatic rings. The van der Waals surface area contributed by atoms with Crippen LogP contribution >= 0.6 is 0 Å². The van der Waals surface area contributed by atoms with Crippen LogP contribution < -0.4 is 5.32 Å². The summed E-state index contributed by atoms with van der Waals surface area (Å²) in [6.07, 6.45) is 9.80. The predicted octanol–water partition coefficient (Wildman–Crippen LogP) is 2.71. The first kappa shape index (κ1) is 16.3. The summed E-state index contributed by atoms with van der Waals surface area (Å²) in [5.41, 5.74) is 0. The lowest BCUT2D eigenvalue weighted by molar-refractivity contribution is 0.0916. The fourth-order valence-corrected chi connectivity index (χ4v) is 3.86. The molecule has 1 atom stereocenters. The van der Waals surface area contributed by atoms with E-state index in [4.69, 9.17) is 0 Å². The van der Waals surface area contributed by atoms with Crippen LogP contribution in [0.5, 0.6) is 0 Å². The number of nitrogens with one attached hydrogen (secondary N) is 1. The third-order valence-corrected chi connectivity index (χ3v) is 5.13. The predicted molar refractivity (Wildman–Crippen MR) is 87.3 cm³/mol. The Kier molecular flexibility index (Phi) is 7.32. The average molecular weight is 281 g/mol. The highest BCUT2D eigenvalue weighted by molar-refractivity contribution is 4.81. The fraction of sp³-hybridized carbons (Fsp3) is 1.00. The average Bonchev–Trinajstić information content (AvgIpc) is 2.49. The Labute approximate surface area is 126 Å². The highest BCUT2D eigenvalue weighted by atomic mass is 15.2. The van der Waals surface area contributed by atoms with Gasteiger partial charge in [-0.1, -0.05) is 13.3 Å². The summed E-state index contributed by atoms with van der Waals surface area (Å²) in [4.78, 5) is 5.47. The van der Waals surface area contributed by atoms with Crippen LogP contribution in [0.4, 0.5) is 0 Å². The van der Waals surface area contributed by atoms with Crippen LogP contribution in [-0.2, 0) is 0 Å². The van der Waals surface area contributed by atoms with Gasteiger partial charge in [0.2, 0.25) is 0 Å². The standard InChI is InChI=1S/C17H35N3/c1-3-18-16(2)8-7-11-19-14-9-17(10-15-19)20-12-5-4-6-13-20/h16-18H,3-15H2,1-2H3. The van der Waals surface area contributed by atoms with E-state index in [0.717, 1.165) is 12.6 Å². The van der Waals surface area contributed by atoms with Gasteiger partial charge in [-0.2, -0.15) is 0 Å². The number of hydrogen-bond donors (Lipinski definition) is 1. The van der Waals surface area contributed by atoms with Crippen LogP contribution in [0.3, 0.4) is 0 Å². The molecule has 20 heavy (non-hydrogen) atoms. The molecule has 2 fully saturated rings. The molecule has 0 aromatic heterocycles. The maximum Gasteiger partial charge on any atom is 0.0120 e. The Morgan fingerprint density at radius 2 is 1.75 bits per heavy atom. The van der Waals surface area contributed by atoms with Gasteiger partial charge in [-0.15, -0.1) is 0 Å². The molecule has 0 bridgehead atoms. The zero-order valence-electron chi connectivity index (χ0n) is 13.7. The maximum atomic E-state index is 3.51. The summed E-state index contributed by atoms with van der Waals surface area (Å²) in [5.74, 6) is 0. The van der Waals surface area contributed by atoms with Gasteiger partial charge in [0.05, 0.1) is 0 Å². The SMILES string of the molecule is CCNC(C)CCCN1CCC(N2CCCCC2)CC1. The van der Waals surface area contributed by atoms with Gasteiger partial charge in [0.25, 0.3) is 0 Å². The molecule has 2 aliphatic rings. The second-order valence-electron chi connectivity index (χ2n) is 6.77. The van der Waals surface area contributed by atoms with Gasteiger partial charge in [0.1, 0.15) is 0 Å². The molecule has 0 radical (unpaired) electrons. The first-order chi connectivity index (χ1) is 9.79. The van der Waals surface area contributed by atoms with Gasteiger partial charge >= 0.3 is 0 Å². The normalized spacial score (nSPS) is 24.9. The molecule has 1 unspecified atom stereocenters. The zero-order valence-corrected chi connectivity index (χ0v) is 13.7. The summed E-state index contributed by atoms with van der Waals surface area (Å²) in [6, 6.07) is 1.58. The van der Waals surface area contributed by atoms with E-state index in [0.29, 0.717) is 6.04 Å². The number of nitrogens with zero attached hydrogens (tertiary/aromatic N) is 2. The van der Waals surface area contributed by atoms with Crippen molar-refractivity contribution in [3.63, 3.8) is 0 Å². The molecule has 0 spiro atoms. The summed E-state index contributed by atoms with van der Waals surface area (Å²) in [7, 11) is 0. The Bertz CT molecular complexity index is 243. The van der Waals surface area contributed by atoms with E-state index in [2.05, 4.69) is 29.0 Å². The number of rotatable bonds is 7. The minimum absolute atomic E-state index is 0.686. The van der Waals surface area contributed by atoms with Crippen LogP contribution in [0.25, 0.3) is 0 Å². The van der Waals surface area contributed by atoms with Crippen molar-refractivity contribution >= 4 is 0 Å². The number of piperidine rings is 2. The topological polar surface area (TPSA) is 18.5 Å². The van der Waals surface area contributed by atoms with Crippen molar-refractivity contribution in [2.24, 2.45) is 0 Å². The van der Waals surface area contributed by atoms with Crippen molar-refractivity contribution in [1.29, 1.82) is 0 Å². The van der Waals surface area contributed by atoms with Gasteiger partial charge in [-0.3, -0.25) is 0 Å². The van der Waals surface area contributed by atoms with Gasteiger partial charge in [0.15, 0.2) is 0 Å². The quantitative estimate of drug-likeness (QED) is 0.774. The van der Waals surface area contributed by atoms with E-state index >= 15 is 0 Å².